The van der Waals surface area contributed by atoms with Crippen LogP contribution in [0.2, 0.25) is 0 Å². The van der Waals surface area contributed by atoms with Gasteiger partial charge in [-0.25, -0.2) is 0 Å². The second-order valence-electron chi connectivity index (χ2n) is 4.67. The summed E-state index contributed by atoms with van der Waals surface area (Å²) in [6.45, 7) is 0. The third-order valence-electron chi connectivity index (χ3n) is 3.32. The van der Waals surface area contributed by atoms with Gasteiger partial charge in [0.15, 0.2) is 0 Å². The normalized spacial score (nSPS) is 34.4. The van der Waals surface area contributed by atoms with Gasteiger partial charge in [-0.3, -0.25) is 4.18 Å². The Morgan fingerprint density at radius 2 is 1.36 bits per heavy atom. The first-order valence-electron chi connectivity index (χ1n) is 5.43. The standard InChI is InChI=1S/C10H18O3S/c1-14(11,12)13-10-6-4-9(5-7-10)8-2-3-8/h8-10H,2-7H2,1H3. The highest BCUT2D eigenvalue weighted by molar-refractivity contribution is 7.86. The van der Waals surface area contributed by atoms with Crippen molar-refractivity contribution < 1.29 is 12.6 Å². The third kappa shape index (κ3) is 2.95. The van der Waals surface area contributed by atoms with Crippen LogP contribution in [0, 0.1) is 11.8 Å². The Morgan fingerprint density at radius 3 is 1.71 bits per heavy atom. The molecule has 0 atom stereocenters. The largest absolute Gasteiger partial charge is 0.267 e. The molecule has 2 fully saturated rings. The molecule has 14 heavy (non-hydrogen) atoms. The summed E-state index contributed by atoms with van der Waals surface area (Å²) in [5.41, 5.74) is 0. The molecular formula is C10H18O3S. The van der Waals surface area contributed by atoms with Crippen molar-refractivity contribution in [1.29, 1.82) is 0 Å². The van der Waals surface area contributed by atoms with E-state index in [1.54, 1.807) is 0 Å². The van der Waals surface area contributed by atoms with Crippen LogP contribution in [0.4, 0.5) is 0 Å². The van der Waals surface area contributed by atoms with Crippen molar-refractivity contribution in [2.45, 2.75) is 44.6 Å². The molecule has 0 unspecified atom stereocenters. The van der Waals surface area contributed by atoms with Gasteiger partial charge in [0, 0.05) is 0 Å². The van der Waals surface area contributed by atoms with E-state index in [4.69, 9.17) is 4.18 Å². The second-order valence-corrected chi connectivity index (χ2v) is 6.28. The Balaban J connectivity index is 1.77. The van der Waals surface area contributed by atoms with Crippen LogP contribution in [-0.2, 0) is 14.3 Å². The lowest BCUT2D eigenvalue weighted by Crippen LogP contribution is -2.24. The van der Waals surface area contributed by atoms with Gasteiger partial charge in [-0.05, 0) is 50.4 Å². The maximum Gasteiger partial charge on any atom is 0.264 e. The summed E-state index contributed by atoms with van der Waals surface area (Å²) < 4.78 is 26.8. The Bertz CT molecular complexity index is 284. The maximum atomic E-state index is 10.9. The van der Waals surface area contributed by atoms with E-state index >= 15 is 0 Å². The van der Waals surface area contributed by atoms with Crippen LogP contribution in [0.5, 0.6) is 0 Å². The molecule has 2 saturated carbocycles. The zero-order chi connectivity index (χ0) is 10.2. The first kappa shape index (κ1) is 10.4. The summed E-state index contributed by atoms with van der Waals surface area (Å²) in [4.78, 5) is 0. The van der Waals surface area contributed by atoms with E-state index < -0.39 is 10.1 Å². The van der Waals surface area contributed by atoms with Crippen LogP contribution in [0.1, 0.15) is 38.5 Å². The third-order valence-corrected chi connectivity index (χ3v) is 3.94. The fourth-order valence-corrected chi connectivity index (χ4v) is 3.16. The predicted octanol–water partition coefficient (Wildman–Crippen LogP) is 1.93. The van der Waals surface area contributed by atoms with Gasteiger partial charge in [0.1, 0.15) is 0 Å². The Morgan fingerprint density at radius 1 is 0.929 bits per heavy atom. The lowest BCUT2D eigenvalue weighted by molar-refractivity contribution is 0.132. The van der Waals surface area contributed by atoms with Gasteiger partial charge in [0.2, 0.25) is 0 Å². The summed E-state index contributed by atoms with van der Waals surface area (Å²) in [6, 6.07) is 0. The van der Waals surface area contributed by atoms with Crippen LogP contribution in [-0.4, -0.2) is 20.8 Å². The molecule has 0 radical (unpaired) electrons. The fourth-order valence-electron chi connectivity index (χ4n) is 2.47. The number of rotatable bonds is 3. The molecule has 0 aliphatic heterocycles. The molecule has 0 saturated heterocycles. The summed E-state index contributed by atoms with van der Waals surface area (Å²) >= 11 is 0. The zero-order valence-corrected chi connectivity index (χ0v) is 9.42. The summed E-state index contributed by atoms with van der Waals surface area (Å²) in [5, 5.41) is 0. The highest BCUT2D eigenvalue weighted by Gasteiger charge is 2.34. The lowest BCUT2D eigenvalue weighted by Gasteiger charge is -2.27. The van der Waals surface area contributed by atoms with Crippen molar-refractivity contribution in [1.82, 2.24) is 0 Å². The van der Waals surface area contributed by atoms with E-state index in [0.717, 1.165) is 43.8 Å². The van der Waals surface area contributed by atoms with Crippen LogP contribution in [0.25, 0.3) is 0 Å². The summed E-state index contributed by atoms with van der Waals surface area (Å²) in [7, 11) is -3.25. The van der Waals surface area contributed by atoms with E-state index in [1.807, 2.05) is 0 Å². The zero-order valence-electron chi connectivity index (χ0n) is 8.61. The van der Waals surface area contributed by atoms with Crippen LogP contribution in [0.3, 0.4) is 0 Å². The highest BCUT2D eigenvalue weighted by Crippen LogP contribution is 2.44. The van der Waals surface area contributed by atoms with Crippen LogP contribution < -0.4 is 0 Å². The molecule has 2 aliphatic carbocycles. The smallest absolute Gasteiger partial charge is 0.264 e. The lowest BCUT2D eigenvalue weighted by atomic mass is 9.84. The van der Waals surface area contributed by atoms with Gasteiger partial charge >= 0.3 is 0 Å². The average molecular weight is 218 g/mol. The first-order valence-corrected chi connectivity index (χ1v) is 7.24. The molecule has 0 aromatic heterocycles. The van der Waals surface area contributed by atoms with Gasteiger partial charge < -0.3 is 0 Å². The van der Waals surface area contributed by atoms with Crippen LogP contribution in [0.15, 0.2) is 0 Å². The molecule has 0 spiro atoms. The fraction of sp³-hybridized carbons (Fsp3) is 1.00. The minimum atomic E-state index is -3.25. The van der Waals surface area contributed by atoms with Crippen molar-refractivity contribution in [2.75, 3.05) is 6.26 Å². The summed E-state index contributed by atoms with van der Waals surface area (Å²) in [6.07, 6.45) is 8.04. The van der Waals surface area contributed by atoms with Crippen molar-refractivity contribution in [2.24, 2.45) is 11.8 Å². The number of hydrogen-bond acceptors (Lipinski definition) is 3. The highest BCUT2D eigenvalue weighted by atomic mass is 32.2. The molecule has 2 rings (SSSR count). The topological polar surface area (TPSA) is 43.4 Å². The molecule has 0 amide bonds. The molecule has 2 aliphatic rings. The van der Waals surface area contributed by atoms with Crippen molar-refractivity contribution in [3.63, 3.8) is 0 Å². The molecular weight excluding hydrogens is 200 g/mol. The van der Waals surface area contributed by atoms with Crippen LogP contribution >= 0.6 is 0 Å². The molecule has 4 heteroatoms. The van der Waals surface area contributed by atoms with E-state index in [2.05, 4.69) is 0 Å². The SMILES string of the molecule is CS(=O)(=O)OC1CCC(C2CC2)CC1. The van der Waals surface area contributed by atoms with E-state index in [9.17, 15) is 8.42 Å². The van der Waals surface area contributed by atoms with Gasteiger partial charge in [-0.1, -0.05) is 0 Å². The van der Waals surface area contributed by atoms with E-state index in [0.29, 0.717) is 0 Å². The predicted molar refractivity (Wildman–Crippen MR) is 54.4 cm³/mol. The minimum Gasteiger partial charge on any atom is -0.267 e. The first-order chi connectivity index (χ1) is 6.54. The van der Waals surface area contributed by atoms with Gasteiger partial charge in [-0.15, -0.1) is 0 Å². The quantitative estimate of drug-likeness (QED) is 0.680. The van der Waals surface area contributed by atoms with E-state index in [1.165, 1.54) is 12.8 Å². The van der Waals surface area contributed by atoms with Crippen molar-refractivity contribution >= 4 is 10.1 Å². The van der Waals surface area contributed by atoms with Gasteiger partial charge in [0.05, 0.1) is 12.4 Å². The molecule has 0 N–H and O–H groups in total. The minimum absolute atomic E-state index is 0.0417. The van der Waals surface area contributed by atoms with Crippen molar-refractivity contribution in [3.8, 4) is 0 Å². The number of hydrogen-bond donors (Lipinski definition) is 0. The molecule has 82 valence electrons. The molecule has 0 aromatic carbocycles. The second kappa shape index (κ2) is 3.81. The Kier molecular flexibility index (Phi) is 2.84. The maximum absolute atomic E-state index is 10.9. The van der Waals surface area contributed by atoms with Gasteiger partial charge in [0.25, 0.3) is 10.1 Å². The average Bonchev–Trinajstić information content (AvgIpc) is 2.85. The Hall–Kier alpha value is -0.0900. The van der Waals surface area contributed by atoms with E-state index in [-0.39, 0.29) is 6.10 Å². The molecule has 0 bridgehead atoms. The monoisotopic (exact) mass is 218 g/mol. The van der Waals surface area contributed by atoms with Crippen molar-refractivity contribution in [3.05, 3.63) is 0 Å². The molecule has 0 heterocycles. The summed E-state index contributed by atoms with van der Waals surface area (Å²) in [5.74, 6) is 1.81. The molecule has 3 nitrogen and oxygen atoms in total. The Labute approximate surface area is 86.0 Å². The van der Waals surface area contributed by atoms with Gasteiger partial charge in [-0.2, -0.15) is 8.42 Å². The molecule has 0 aromatic rings.